The average molecular weight is 290 g/mol. The van der Waals surface area contributed by atoms with Crippen molar-refractivity contribution in [3.8, 4) is 0 Å². The Balaban J connectivity index is 1.85. The number of amides is 1. The predicted molar refractivity (Wildman–Crippen MR) is 83.9 cm³/mol. The molecule has 4 nitrogen and oxygen atoms in total. The van der Waals surface area contributed by atoms with E-state index < -0.39 is 6.10 Å². The van der Waals surface area contributed by atoms with Crippen LogP contribution < -0.4 is 5.32 Å². The van der Waals surface area contributed by atoms with Gasteiger partial charge in [-0.3, -0.25) is 9.69 Å². The third-order valence-corrected chi connectivity index (χ3v) is 4.10. The molecular formula is C17H26N2O2. The number of aliphatic hydroxyl groups excluding tert-OH is 1. The predicted octanol–water partition coefficient (Wildman–Crippen LogP) is 2.10. The van der Waals surface area contributed by atoms with Crippen LogP contribution in [0.1, 0.15) is 44.3 Å². The Labute approximate surface area is 127 Å². The highest BCUT2D eigenvalue weighted by molar-refractivity contribution is 5.78. The van der Waals surface area contributed by atoms with E-state index in [1.54, 1.807) is 0 Å². The van der Waals surface area contributed by atoms with Crippen molar-refractivity contribution in [2.75, 3.05) is 19.6 Å². The molecule has 0 saturated carbocycles. The van der Waals surface area contributed by atoms with Gasteiger partial charge in [-0.15, -0.1) is 0 Å². The maximum atomic E-state index is 11.8. The second kappa shape index (κ2) is 8.15. The number of nitrogens with zero attached hydrogens (tertiary/aromatic N) is 1. The molecule has 0 aromatic heterocycles. The Morgan fingerprint density at radius 1 is 1.43 bits per heavy atom. The van der Waals surface area contributed by atoms with Gasteiger partial charge in [-0.1, -0.05) is 37.3 Å². The van der Waals surface area contributed by atoms with Crippen molar-refractivity contribution in [2.45, 2.75) is 44.8 Å². The van der Waals surface area contributed by atoms with Crippen molar-refractivity contribution in [2.24, 2.45) is 0 Å². The van der Waals surface area contributed by atoms with Crippen molar-refractivity contribution in [1.29, 1.82) is 0 Å². The minimum atomic E-state index is -0.449. The minimum absolute atomic E-state index is 0.0953. The molecule has 2 N–H and O–H groups in total. The number of nitrogens with one attached hydrogen (secondary N) is 1. The van der Waals surface area contributed by atoms with Gasteiger partial charge in [0.2, 0.25) is 5.91 Å². The summed E-state index contributed by atoms with van der Waals surface area (Å²) in [5.41, 5.74) is 0.958. The quantitative estimate of drug-likeness (QED) is 0.808. The Morgan fingerprint density at radius 3 is 2.90 bits per heavy atom. The van der Waals surface area contributed by atoms with Gasteiger partial charge in [0.05, 0.1) is 12.6 Å². The van der Waals surface area contributed by atoms with Crippen LogP contribution in [0.4, 0.5) is 0 Å². The van der Waals surface area contributed by atoms with Crippen LogP contribution in [0, 0.1) is 0 Å². The molecule has 1 aliphatic rings. The summed E-state index contributed by atoms with van der Waals surface area (Å²) in [4.78, 5) is 14.0. The maximum Gasteiger partial charge on any atom is 0.234 e. The van der Waals surface area contributed by atoms with Gasteiger partial charge in [0.15, 0.2) is 0 Å². The molecule has 1 fully saturated rings. The van der Waals surface area contributed by atoms with Crippen molar-refractivity contribution in [1.82, 2.24) is 10.2 Å². The number of benzene rings is 1. The third-order valence-electron chi connectivity index (χ3n) is 4.10. The van der Waals surface area contributed by atoms with E-state index in [-0.39, 0.29) is 5.91 Å². The lowest BCUT2D eigenvalue weighted by atomic mass is 10.0. The van der Waals surface area contributed by atoms with Gasteiger partial charge in [0.25, 0.3) is 0 Å². The van der Waals surface area contributed by atoms with Crippen LogP contribution in [-0.2, 0) is 4.79 Å². The first-order valence-corrected chi connectivity index (χ1v) is 7.94. The molecule has 1 saturated heterocycles. The Morgan fingerprint density at radius 2 is 2.19 bits per heavy atom. The van der Waals surface area contributed by atoms with E-state index in [4.69, 9.17) is 0 Å². The molecule has 2 atom stereocenters. The van der Waals surface area contributed by atoms with Gasteiger partial charge in [-0.25, -0.2) is 0 Å². The molecule has 0 aliphatic carbocycles. The molecule has 1 aromatic carbocycles. The van der Waals surface area contributed by atoms with Gasteiger partial charge in [-0.2, -0.15) is 0 Å². The first kappa shape index (κ1) is 16.0. The lowest BCUT2D eigenvalue weighted by Crippen LogP contribution is -2.40. The van der Waals surface area contributed by atoms with E-state index in [0.29, 0.717) is 19.0 Å². The molecule has 0 spiro atoms. The largest absolute Gasteiger partial charge is 0.388 e. The number of carbonyl (C=O) groups excluding carboxylic acids is 1. The fourth-order valence-electron chi connectivity index (χ4n) is 2.94. The van der Waals surface area contributed by atoms with Crippen LogP contribution in [-0.4, -0.2) is 41.6 Å². The fraction of sp³-hybridized carbons (Fsp3) is 0.588. The van der Waals surface area contributed by atoms with E-state index in [2.05, 4.69) is 17.1 Å². The highest BCUT2D eigenvalue weighted by Crippen LogP contribution is 2.26. The summed E-state index contributed by atoms with van der Waals surface area (Å²) < 4.78 is 0. The second-order valence-corrected chi connectivity index (χ2v) is 5.78. The summed E-state index contributed by atoms with van der Waals surface area (Å²) >= 11 is 0. The summed E-state index contributed by atoms with van der Waals surface area (Å²) in [6.07, 6.45) is 3.38. The van der Waals surface area contributed by atoms with Crippen LogP contribution in [0.15, 0.2) is 30.3 Å². The molecule has 0 bridgehead atoms. The van der Waals surface area contributed by atoms with Crippen LogP contribution in [0.5, 0.6) is 0 Å². The second-order valence-electron chi connectivity index (χ2n) is 5.78. The molecule has 1 aromatic rings. The Hall–Kier alpha value is -1.39. The topological polar surface area (TPSA) is 52.6 Å². The number of rotatable bonds is 7. The number of likely N-dealkylation sites (tertiary alicyclic amines) is 1. The van der Waals surface area contributed by atoms with Crippen LogP contribution in [0.25, 0.3) is 0 Å². The minimum Gasteiger partial charge on any atom is -0.388 e. The van der Waals surface area contributed by atoms with Gasteiger partial charge in [0, 0.05) is 12.6 Å². The summed E-state index contributed by atoms with van der Waals surface area (Å²) in [5, 5.41) is 13.3. The molecule has 2 rings (SSSR count). The molecule has 1 amide bonds. The zero-order valence-corrected chi connectivity index (χ0v) is 12.8. The van der Waals surface area contributed by atoms with Crippen molar-refractivity contribution in [3.63, 3.8) is 0 Å². The van der Waals surface area contributed by atoms with Crippen molar-refractivity contribution >= 4 is 5.91 Å². The standard InChI is InChI=1S/C17H26N2O2/c1-2-10-18-17(21)13-19-11-6-9-15(19)12-16(20)14-7-4-3-5-8-14/h3-5,7-8,15-16,20H,2,6,9-13H2,1H3,(H,18,21)/t15-,16-/m1/s1. The number of aliphatic hydroxyl groups is 1. The zero-order chi connectivity index (χ0) is 15.1. The molecule has 1 heterocycles. The molecule has 0 radical (unpaired) electrons. The van der Waals surface area contributed by atoms with E-state index in [1.165, 1.54) is 0 Å². The Kier molecular flexibility index (Phi) is 6.21. The summed E-state index contributed by atoms with van der Waals surface area (Å²) in [5.74, 6) is 0.0953. The number of hydrogen-bond acceptors (Lipinski definition) is 3. The van der Waals surface area contributed by atoms with Crippen LogP contribution in [0.2, 0.25) is 0 Å². The fourth-order valence-corrected chi connectivity index (χ4v) is 2.94. The lowest BCUT2D eigenvalue weighted by molar-refractivity contribution is -0.122. The number of carbonyl (C=O) groups is 1. The van der Waals surface area contributed by atoms with Gasteiger partial charge in [0.1, 0.15) is 0 Å². The van der Waals surface area contributed by atoms with Crippen molar-refractivity contribution in [3.05, 3.63) is 35.9 Å². The van der Waals surface area contributed by atoms with Gasteiger partial charge < -0.3 is 10.4 Å². The molecule has 21 heavy (non-hydrogen) atoms. The maximum absolute atomic E-state index is 11.8. The van der Waals surface area contributed by atoms with E-state index in [0.717, 1.165) is 37.9 Å². The number of hydrogen-bond donors (Lipinski definition) is 2. The lowest BCUT2D eigenvalue weighted by Gasteiger charge is -2.26. The van der Waals surface area contributed by atoms with Crippen LogP contribution >= 0.6 is 0 Å². The first-order valence-electron chi connectivity index (χ1n) is 7.94. The molecular weight excluding hydrogens is 264 g/mol. The summed E-state index contributed by atoms with van der Waals surface area (Å²) in [6, 6.07) is 10.1. The van der Waals surface area contributed by atoms with E-state index in [1.807, 2.05) is 30.3 Å². The van der Waals surface area contributed by atoms with Crippen molar-refractivity contribution < 1.29 is 9.90 Å². The zero-order valence-electron chi connectivity index (χ0n) is 12.8. The van der Waals surface area contributed by atoms with E-state index >= 15 is 0 Å². The summed E-state index contributed by atoms with van der Waals surface area (Å²) in [7, 11) is 0. The van der Waals surface area contributed by atoms with Gasteiger partial charge >= 0.3 is 0 Å². The van der Waals surface area contributed by atoms with Gasteiger partial charge in [-0.05, 0) is 37.8 Å². The smallest absolute Gasteiger partial charge is 0.234 e. The third kappa shape index (κ3) is 4.83. The van der Waals surface area contributed by atoms with Crippen LogP contribution in [0.3, 0.4) is 0 Å². The summed E-state index contributed by atoms with van der Waals surface area (Å²) in [6.45, 7) is 4.19. The SMILES string of the molecule is CCCNC(=O)CN1CCC[C@@H]1C[C@@H](O)c1ccccc1. The normalized spacial score (nSPS) is 20.4. The molecule has 0 unspecified atom stereocenters. The Bertz CT molecular complexity index is 436. The highest BCUT2D eigenvalue weighted by Gasteiger charge is 2.28. The molecule has 1 aliphatic heterocycles. The monoisotopic (exact) mass is 290 g/mol. The first-order chi connectivity index (χ1) is 10.2. The highest BCUT2D eigenvalue weighted by atomic mass is 16.3. The average Bonchev–Trinajstić information content (AvgIpc) is 2.93. The molecule has 116 valence electrons. The molecule has 4 heteroatoms. The van der Waals surface area contributed by atoms with E-state index in [9.17, 15) is 9.90 Å².